The van der Waals surface area contributed by atoms with Crippen molar-refractivity contribution in [1.29, 1.82) is 0 Å². The van der Waals surface area contributed by atoms with Crippen LogP contribution in [-0.2, 0) is 0 Å². The molecular formula is C20H31ClN10O3. The van der Waals surface area contributed by atoms with Gasteiger partial charge in [0.1, 0.15) is 5.75 Å². The molecule has 2 saturated heterocycles. The fourth-order valence-electron chi connectivity index (χ4n) is 4.34. The van der Waals surface area contributed by atoms with Crippen LogP contribution in [0.5, 0.6) is 5.75 Å². The Kier molecular flexibility index (Phi) is 7.94. The standard InChI is InChI=1S/C20H30N10O3.ClH/c21-10-3-11(22)7-29(6-10)19-26-18(25-13-1-2-15(17(24)33)16(32)5-13)27-20(28-19)30-8-12(23)4-14(30)9-31;/h1-2,5,10-12,14,31-32H,3-4,6-9,21-23H2,(H2,24,33)(H,25,26,27,28);1H/t10-,11+,12-,14-;/m1./s1. The monoisotopic (exact) mass is 494 g/mol. The first-order valence-electron chi connectivity index (χ1n) is 10.8. The number of anilines is 4. The maximum atomic E-state index is 11.4. The van der Waals surface area contributed by atoms with Crippen LogP contribution >= 0.6 is 12.4 Å². The van der Waals surface area contributed by atoms with Gasteiger partial charge in [-0.15, -0.1) is 12.4 Å². The zero-order valence-corrected chi connectivity index (χ0v) is 19.4. The average Bonchev–Trinajstić information content (AvgIpc) is 3.13. The SMILES string of the molecule is Cl.NC(=O)c1ccc(Nc2nc(N3C[C@H](N)C[C@H](N)C3)nc(N3C[C@H](N)C[C@@H]3CO)n2)cc1O. The highest BCUT2D eigenvalue weighted by Gasteiger charge is 2.33. The van der Waals surface area contributed by atoms with Crippen molar-refractivity contribution < 1.29 is 15.0 Å². The maximum Gasteiger partial charge on any atom is 0.252 e. The number of aliphatic hydroxyl groups is 1. The van der Waals surface area contributed by atoms with Crippen LogP contribution in [0.4, 0.5) is 23.5 Å². The smallest absolute Gasteiger partial charge is 0.252 e. The molecule has 2 aliphatic heterocycles. The van der Waals surface area contributed by atoms with Gasteiger partial charge in [-0.2, -0.15) is 15.0 Å². The number of rotatable bonds is 6. The number of hydrogen-bond donors (Lipinski definition) is 7. The van der Waals surface area contributed by atoms with Crippen molar-refractivity contribution >= 4 is 41.8 Å². The minimum absolute atomic E-state index is 0. The van der Waals surface area contributed by atoms with Gasteiger partial charge in [-0.1, -0.05) is 0 Å². The third-order valence-electron chi connectivity index (χ3n) is 5.84. The van der Waals surface area contributed by atoms with Crippen LogP contribution in [0.25, 0.3) is 0 Å². The molecule has 2 fully saturated rings. The van der Waals surface area contributed by atoms with Crippen LogP contribution in [0, 0.1) is 0 Å². The maximum absolute atomic E-state index is 11.4. The molecule has 2 aromatic rings. The average molecular weight is 495 g/mol. The Hall–Kier alpha value is -2.97. The van der Waals surface area contributed by atoms with E-state index in [-0.39, 0.29) is 60.4 Å². The van der Waals surface area contributed by atoms with Crippen LogP contribution in [0.15, 0.2) is 18.2 Å². The van der Waals surface area contributed by atoms with E-state index in [9.17, 15) is 15.0 Å². The fourth-order valence-corrected chi connectivity index (χ4v) is 4.34. The number of nitrogens with one attached hydrogen (secondary N) is 1. The number of halogens is 1. The predicted octanol–water partition coefficient (Wildman–Crippen LogP) is -1.40. The number of amides is 1. The number of phenols is 1. The Labute approximate surface area is 202 Å². The second-order valence-electron chi connectivity index (χ2n) is 8.63. The summed E-state index contributed by atoms with van der Waals surface area (Å²) in [5.41, 5.74) is 24.1. The number of piperidine rings is 1. The molecule has 0 unspecified atom stereocenters. The number of nitrogens with two attached hydrogens (primary N) is 4. The van der Waals surface area contributed by atoms with Crippen molar-refractivity contribution in [3.8, 4) is 5.75 Å². The predicted molar refractivity (Wildman–Crippen MR) is 131 cm³/mol. The first-order valence-corrected chi connectivity index (χ1v) is 10.8. The minimum Gasteiger partial charge on any atom is -0.507 e. The van der Waals surface area contributed by atoms with Gasteiger partial charge in [-0.3, -0.25) is 4.79 Å². The highest BCUT2D eigenvalue weighted by atomic mass is 35.5. The summed E-state index contributed by atoms with van der Waals surface area (Å²) in [7, 11) is 0. The van der Waals surface area contributed by atoms with Gasteiger partial charge >= 0.3 is 0 Å². The lowest BCUT2D eigenvalue weighted by Gasteiger charge is -2.35. The molecule has 0 saturated carbocycles. The first-order chi connectivity index (χ1) is 15.7. The Morgan fingerprint density at radius 1 is 1.03 bits per heavy atom. The van der Waals surface area contributed by atoms with Gasteiger partial charge in [0, 0.05) is 49.5 Å². The van der Waals surface area contributed by atoms with Crippen molar-refractivity contribution in [2.24, 2.45) is 22.9 Å². The number of aromatic hydroxyl groups is 1. The van der Waals surface area contributed by atoms with Gasteiger partial charge in [0.2, 0.25) is 17.8 Å². The number of hydrogen-bond acceptors (Lipinski definition) is 12. The van der Waals surface area contributed by atoms with Gasteiger partial charge in [-0.25, -0.2) is 0 Å². The Balaban J connectivity index is 0.00000324. The summed E-state index contributed by atoms with van der Waals surface area (Å²) < 4.78 is 0. The molecule has 1 aromatic carbocycles. The lowest BCUT2D eigenvalue weighted by Crippen LogP contribution is -2.53. The van der Waals surface area contributed by atoms with Crippen molar-refractivity contribution in [2.45, 2.75) is 37.0 Å². The van der Waals surface area contributed by atoms with Crippen molar-refractivity contribution in [1.82, 2.24) is 15.0 Å². The zero-order valence-electron chi connectivity index (χ0n) is 18.5. The molecule has 4 rings (SSSR count). The number of carbonyl (C=O) groups is 1. The molecular weight excluding hydrogens is 464 g/mol. The summed E-state index contributed by atoms with van der Waals surface area (Å²) in [4.78, 5) is 28.9. The summed E-state index contributed by atoms with van der Waals surface area (Å²) >= 11 is 0. The summed E-state index contributed by atoms with van der Waals surface area (Å²) in [5, 5.41) is 23.0. The van der Waals surface area contributed by atoms with Crippen molar-refractivity contribution in [2.75, 3.05) is 41.4 Å². The number of nitrogens with zero attached hydrogens (tertiary/aromatic N) is 5. The Morgan fingerprint density at radius 3 is 2.29 bits per heavy atom. The van der Waals surface area contributed by atoms with Gasteiger partial charge in [-0.05, 0) is 25.0 Å². The number of carbonyl (C=O) groups excluding carboxylic acids is 1. The van der Waals surface area contributed by atoms with Crippen molar-refractivity contribution in [3.63, 3.8) is 0 Å². The third-order valence-corrected chi connectivity index (χ3v) is 5.84. The Morgan fingerprint density at radius 2 is 1.68 bits per heavy atom. The first kappa shape index (κ1) is 25.6. The lowest BCUT2D eigenvalue weighted by molar-refractivity contribution is 0.0998. The molecule has 0 aliphatic carbocycles. The van der Waals surface area contributed by atoms with E-state index in [1.807, 2.05) is 9.80 Å². The van der Waals surface area contributed by atoms with E-state index >= 15 is 0 Å². The Bertz CT molecular complexity index is 1020. The molecule has 1 aromatic heterocycles. The summed E-state index contributed by atoms with van der Waals surface area (Å²) in [6, 6.07) is 3.79. The number of primary amides is 1. The third kappa shape index (κ3) is 5.56. The largest absolute Gasteiger partial charge is 0.507 e. The van der Waals surface area contributed by atoms with E-state index in [1.165, 1.54) is 12.1 Å². The lowest BCUT2D eigenvalue weighted by atomic mass is 10.0. The highest BCUT2D eigenvalue weighted by molar-refractivity contribution is 5.96. The van der Waals surface area contributed by atoms with Gasteiger partial charge in [0.15, 0.2) is 0 Å². The number of benzene rings is 1. The number of aromatic nitrogens is 3. The van der Waals surface area contributed by atoms with Crippen LogP contribution < -0.4 is 38.1 Å². The molecule has 34 heavy (non-hydrogen) atoms. The summed E-state index contributed by atoms with van der Waals surface area (Å²) in [6.07, 6.45) is 1.32. The van der Waals surface area contributed by atoms with Crippen LogP contribution in [0.2, 0.25) is 0 Å². The van der Waals surface area contributed by atoms with Gasteiger partial charge in [0.25, 0.3) is 5.91 Å². The van der Waals surface area contributed by atoms with E-state index in [0.29, 0.717) is 50.1 Å². The highest BCUT2D eigenvalue weighted by Crippen LogP contribution is 2.28. The molecule has 0 spiro atoms. The van der Waals surface area contributed by atoms with Gasteiger partial charge in [0.05, 0.1) is 18.2 Å². The zero-order chi connectivity index (χ0) is 23.7. The summed E-state index contributed by atoms with van der Waals surface area (Å²) in [6.45, 7) is 1.47. The molecule has 14 heteroatoms. The van der Waals surface area contributed by atoms with E-state index in [4.69, 9.17) is 22.9 Å². The van der Waals surface area contributed by atoms with E-state index < -0.39 is 5.91 Å². The molecule has 11 N–H and O–H groups in total. The molecule has 4 atom stereocenters. The molecule has 13 nitrogen and oxygen atoms in total. The molecule has 3 heterocycles. The molecule has 1 amide bonds. The van der Waals surface area contributed by atoms with Crippen LogP contribution in [-0.4, -0.2) is 81.5 Å². The van der Waals surface area contributed by atoms with E-state index in [2.05, 4.69) is 20.3 Å². The minimum atomic E-state index is -0.734. The topological polar surface area (TPSA) is 219 Å². The van der Waals surface area contributed by atoms with Crippen LogP contribution in [0.1, 0.15) is 23.2 Å². The normalized spacial score (nSPS) is 24.6. The van der Waals surface area contributed by atoms with E-state index in [0.717, 1.165) is 0 Å². The molecule has 186 valence electrons. The second-order valence-corrected chi connectivity index (χ2v) is 8.63. The van der Waals surface area contributed by atoms with Crippen molar-refractivity contribution in [3.05, 3.63) is 23.8 Å². The van der Waals surface area contributed by atoms with E-state index in [1.54, 1.807) is 6.07 Å². The fraction of sp³-hybridized carbons (Fsp3) is 0.500. The number of aliphatic hydroxyl groups excluding tert-OH is 1. The summed E-state index contributed by atoms with van der Waals surface area (Å²) in [5.74, 6) is -0.0302. The van der Waals surface area contributed by atoms with Crippen LogP contribution in [0.3, 0.4) is 0 Å². The second kappa shape index (κ2) is 10.5. The molecule has 0 bridgehead atoms. The van der Waals surface area contributed by atoms with Gasteiger partial charge < -0.3 is 48.3 Å². The quantitative estimate of drug-likeness (QED) is 0.246. The molecule has 2 aliphatic rings. The molecule has 0 radical (unpaired) electrons.